The average Bonchev–Trinajstić information content (AvgIpc) is 3.53. The van der Waals surface area contributed by atoms with Crippen molar-refractivity contribution in [3.8, 4) is 0 Å². The highest BCUT2D eigenvalue weighted by atomic mass is 16.2. The predicted molar refractivity (Wildman–Crippen MR) is 161 cm³/mol. The van der Waals surface area contributed by atoms with Crippen molar-refractivity contribution in [3.05, 3.63) is 137 Å². The van der Waals surface area contributed by atoms with Gasteiger partial charge in [-0.15, -0.1) is 0 Å². The lowest BCUT2D eigenvalue weighted by Gasteiger charge is -2.37. The second-order valence-electron chi connectivity index (χ2n) is 11.1. The Morgan fingerprint density at radius 3 is 2.17 bits per heavy atom. The minimum absolute atomic E-state index is 0.145. The van der Waals surface area contributed by atoms with E-state index in [2.05, 4.69) is 12.2 Å². The van der Waals surface area contributed by atoms with Crippen molar-refractivity contribution in [2.75, 3.05) is 11.9 Å². The molecule has 0 aromatic heterocycles. The number of aryl methyl sites for hydroxylation is 1. The molecule has 2 amide bonds. The fourth-order valence-electron chi connectivity index (χ4n) is 6.69. The van der Waals surface area contributed by atoms with E-state index in [-0.39, 0.29) is 30.1 Å². The number of carbonyl (C=O) groups excluding carboxylic acids is 3. The molecule has 2 aliphatic heterocycles. The molecule has 5 nitrogen and oxygen atoms in total. The van der Waals surface area contributed by atoms with Crippen molar-refractivity contribution in [2.24, 2.45) is 5.92 Å². The molecule has 5 heteroatoms. The fraction of sp³-hybridized carbons (Fsp3) is 0.250. The molecule has 3 atom stereocenters. The number of nitrogens with zero attached hydrogens (tertiary/aromatic N) is 1. The number of fused-ring (bicyclic) bond motifs is 2. The summed E-state index contributed by atoms with van der Waals surface area (Å²) >= 11 is 0. The molecule has 0 aliphatic carbocycles. The molecule has 0 saturated carbocycles. The van der Waals surface area contributed by atoms with Crippen LogP contribution in [0.2, 0.25) is 0 Å². The SMILES string of the molecule is CCCCCc1ccc(C(=O)N2CC(c3ccccc3)C(C(=O)c3ccccc3)C23C(=O)Nc2ccccc23)cc1. The summed E-state index contributed by atoms with van der Waals surface area (Å²) in [6.07, 6.45) is 4.40. The zero-order valence-corrected chi connectivity index (χ0v) is 23.3. The lowest BCUT2D eigenvalue weighted by atomic mass is 9.70. The first kappa shape index (κ1) is 26.7. The topological polar surface area (TPSA) is 66.5 Å². The van der Waals surface area contributed by atoms with Crippen LogP contribution in [0.25, 0.3) is 0 Å². The maximum atomic E-state index is 14.5. The maximum Gasteiger partial charge on any atom is 0.255 e. The predicted octanol–water partition coefficient (Wildman–Crippen LogP) is 7.01. The minimum Gasteiger partial charge on any atom is -0.323 e. The Morgan fingerprint density at radius 2 is 1.46 bits per heavy atom. The van der Waals surface area contributed by atoms with Crippen molar-refractivity contribution >= 4 is 23.3 Å². The molecular weight excluding hydrogens is 508 g/mol. The zero-order valence-electron chi connectivity index (χ0n) is 23.3. The molecule has 4 aromatic rings. The van der Waals surface area contributed by atoms with Crippen LogP contribution >= 0.6 is 0 Å². The lowest BCUT2D eigenvalue weighted by molar-refractivity contribution is -0.126. The number of para-hydroxylation sites is 1. The first-order valence-corrected chi connectivity index (χ1v) is 14.5. The third-order valence-corrected chi connectivity index (χ3v) is 8.67. The summed E-state index contributed by atoms with van der Waals surface area (Å²) in [5, 5.41) is 3.03. The summed E-state index contributed by atoms with van der Waals surface area (Å²) in [5.74, 6) is -1.92. The highest BCUT2D eigenvalue weighted by Crippen LogP contribution is 2.56. The molecule has 41 heavy (non-hydrogen) atoms. The van der Waals surface area contributed by atoms with Gasteiger partial charge >= 0.3 is 0 Å². The van der Waals surface area contributed by atoms with E-state index in [1.165, 1.54) is 12.0 Å². The number of rotatable bonds is 8. The van der Waals surface area contributed by atoms with Crippen LogP contribution < -0.4 is 5.32 Å². The highest BCUT2D eigenvalue weighted by Gasteiger charge is 2.66. The Kier molecular flexibility index (Phi) is 7.27. The molecule has 3 unspecified atom stereocenters. The van der Waals surface area contributed by atoms with Crippen molar-refractivity contribution in [1.82, 2.24) is 4.90 Å². The summed E-state index contributed by atoms with van der Waals surface area (Å²) in [7, 11) is 0. The number of nitrogens with one attached hydrogen (secondary N) is 1. The minimum atomic E-state index is -1.49. The van der Waals surface area contributed by atoms with Crippen LogP contribution in [-0.4, -0.2) is 29.0 Å². The van der Waals surface area contributed by atoms with E-state index in [0.717, 1.165) is 24.8 Å². The van der Waals surface area contributed by atoms with Gasteiger partial charge in [0.1, 0.15) is 0 Å². The molecule has 206 valence electrons. The number of hydrogen-bond acceptors (Lipinski definition) is 3. The normalized spacial score (nSPS) is 21.1. The van der Waals surface area contributed by atoms with Gasteiger partial charge in [0, 0.05) is 34.8 Å². The van der Waals surface area contributed by atoms with E-state index < -0.39 is 11.5 Å². The average molecular weight is 543 g/mol. The Balaban J connectivity index is 1.50. The monoisotopic (exact) mass is 542 g/mol. The molecule has 2 aliphatic rings. The van der Waals surface area contributed by atoms with Gasteiger partial charge in [-0.2, -0.15) is 0 Å². The number of Topliss-reactive ketones (excluding diaryl/α,β-unsaturated/α-hetero) is 1. The van der Waals surface area contributed by atoms with Crippen LogP contribution in [0, 0.1) is 5.92 Å². The second kappa shape index (κ2) is 11.2. The molecule has 0 radical (unpaired) electrons. The van der Waals surface area contributed by atoms with Gasteiger partial charge in [0.2, 0.25) is 0 Å². The van der Waals surface area contributed by atoms with Crippen LogP contribution in [0.4, 0.5) is 5.69 Å². The van der Waals surface area contributed by atoms with Crippen LogP contribution in [0.1, 0.15) is 69.5 Å². The summed E-state index contributed by atoms with van der Waals surface area (Å²) < 4.78 is 0. The Morgan fingerprint density at radius 1 is 0.805 bits per heavy atom. The molecule has 1 fully saturated rings. The van der Waals surface area contributed by atoms with E-state index in [9.17, 15) is 14.4 Å². The molecule has 6 rings (SSSR count). The Hall–Kier alpha value is -4.51. The molecule has 1 saturated heterocycles. The second-order valence-corrected chi connectivity index (χ2v) is 11.1. The van der Waals surface area contributed by atoms with E-state index in [4.69, 9.17) is 0 Å². The first-order chi connectivity index (χ1) is 20.1. The Labute approximate surface area is 241 Å². The fourth-order valence-corrected chi connectivity index (χ4v) is 6.69. The summed E-state index contributed by atoms with van der Waals surface area (Å²) in [5.41, 5.74) is 2.99. The van der Waals surface area contributed by atoms with Crippen LogP contribution in [0.3, 0.4) is 0 Å². The van der Waals surface area contributed by atoms with Crippen molar-refractivity contribution in [3.63, 3.8) is 0 Å². The van der Waals surface area contributed by atoms with Crippen LogP contribution in [0.5, 0.6) is 0 Å². The summed E-state index contributed by atoms with van der Waals surface area (Å²) in [6.45, 7) is 2.43. The first-order valence-electron chi connectivity index (χ1n) is 14.5. The molecule has 0 bridgehead atoms. The van der Waals surface area contributed by atoms with Gasteiger partial charge in [0.05, 0.1) is 5.92 Å². The van der Waals surface area contributed by atoms with Crippen molar-refractivity contribution in [2.45, 2.75) is 44.1 Å². The van der Waals surface area contributed by atoms with E-state index in [0.29, 0.717) is 22.4 Å². The maximum absolute atomic E-state index is 14.5. The summed E-state index contributed by atoms with van der Waals surface area (Å²) in [6, 6.07) is 34.1. The number of benzene rings is 4. The van der Waals surface area contributed by atoms with E-state index >= 15 is 0 Å². The number of unbranched alkanes of at least 4 members (excludes halogenated alkanes) is 2. The largest absolute Gasteiger partial charge is 0.323 e. The van der Waals surface area contributed by atoms with Gasteiger partial charge in [0.15, 0.2) is 11.3 Å². The highest BCUT2D eigenvalue weighted by molar-refractivity contribution is 6.15. The van der Waals surface area contributed by atoms with Gasteiger partial charge in [-0.3, -0.25) is 14.4 Å². The quantitative estimate of drug-likeness (QED) is 0.192. The molecule has 4 aromatic carbocycles. The standard InChI is InChI=1S/C36H34N2O3/c1-2-3-6-13-25-20-22-28(23-21-25)34(40)38-24-29(26-14-7-4-8-15-26)32(33(39)27-16-9-5-10-17-27)36(38)30-18-11-12-19-31(30)37-35(36)41/h4-5,7-12,14-23,29,32H,2-3,6,13,24H2,1H3,(H,37,41). The number of hydrogen-bond donors (Lipinski definition) is 1. The Bertz CT molecular complexity index is 1570. The molecule has 1 N–H and O–H groups in total. The van der Waals surface area contributed by atoms with Crippen molar-refractivity contribution in [1.29, 1.82) is 0 Å². The van der Waals surface area contributed by atoms with E-state index in [1.54, 1.807) is 17.0 Å². The number of anilines is 1. The number of amides is 2. The van der Waals surface area contributed by atoms with Gasteiger partial charge in [-0.25, -0.2) is 0 Å². The molecular formula is C36H34N2O3. The smallest absolute Gasteiger partial charge is 0.255 e. The summed E-state index contributed by atoms with van der Waals surface area (Å²) in [4.78, 5) is 44.9. The number of ketones is 1. The third kappa shape index (κ3) is 4.55. The number of carbonyl (C=O) groups is 3. The molecule has 1 spiro atoms. The van der Waals surface area contributed by atoms with Crippen molar-refractivity contribution < 1.29 is 14.4 Å². The third-order valence-electron chi connectivity index (χ3n) is 8.67. The zero-order chi connectivity index (χ0) is 28.4. The van der Waals surface area contributed by atoms with E-state index in [1.807, 2.05) is 97.1 Å². The lowest BCUT2D eigenvalue weighted by Crippen LogP contribution is -2.54. The number of likely N-dealkylation sites (tertiary alicyclic amines) is 1. The van der Waals surface area contributed by atoms with Gasteiger partial charge in [0.25, 0.3) is 11.8 Å². The van der Waals surface area contributed by atoms with Crippen LogP contribution in [-0.2, 0) is 16.8 Å². The molecule has 2 heterocycles. The van der Waals surface area contributed by atoms with Crippen LogP contribution in [0.15, 0.2) is 109 Å². The van der Waals surface area contributed by atoms with Gasteiger partial charge in [-0.05, 0) is 42.2 Å². The van der Waals surface area contributed by atoms with Gasteiger partial charge in [-0.1, -0.05) is 111 Å². The van der Waals surface area contributed by atoms with Gasteiger partial charge < -0.3 is 10.2 Å².